The third kappa shape index (κ3) is 4.11. The molecular formula is C19H25N5O2. The van der Waals surface area contributed by atoms with Crippen molar-refractivity contribution >= 4 is 5.82 Å². The summed E-state index contributed by atoms with van der Waals surface area (Å²) < 4.78 is 11.1. The largest absolute Gasteiger partial charge is 0.481 e. The van der Waals surface area contributed by atoms with Crippen LogP contribution in [0.4, 0.5) is 5.82 Å². The van der Waals surface area contributed by atoms with Crippen molar-refractivity contribution in [3.63, 3.8) is 0 Å². The van der Waals surface area contributed by atoms with E-state index in [-0.39, 0.29) is 6.04 Å². The second-order valence-corrected chi connectivity index (χ2v) is 6.86. The van der Waals surface area contributed by atoms with Crippen molar-refractivity contribution in [2.24, 2.45) is 5.92 Å². The number of hydrogen-bond donors (Lipinski definition) is 1. The normalized spacial score (nSPS) is 20.7. The summed E-state index contributed by atoms with van der Waals surface area (Å²) in [5.41, 5.74) is 1.06. The van der Waals surface area contributed by atoms with Crippen molar-refractivity contribution in [2.75, 3.05) is 38.7 Å². The van der Waals surface area contributed by atoms with Gasteiger partial charge < -0.3 is 14.8 Å². The highest BCUT2D eigenvalue weighted by Crippen LogP contribution is 2.29. The van der Waals surface area contributed by atoms with E-state index in [1.807, 2.05) is 24.4 Å². The highest BCUT2D eigenvalue weighted by Gasteiger charge is 2.28. The molecule has 1 saturated carbocycles. The molecule has 0 aromatic carbocycles. The lowest BCUT2D eigenvalue weighted by atomic mass is 10.1. The van der Waals surface area contributed by atoms with Gasteiger partial charge in [0, 0.05) is 37.6 Å². The van der Waals surface area contributed by atoms with E-state index < -0.39 is 0 Å². The summed E-state index contributed by atoms with van der Waals surface area (Å²) in [6.45, 7) is 3.85. The Morgan fingerprint density at radius 3 is 3.04 bits per heavy atom. The van der Waals surface area contributed by atoms with E-state index in [2.05, 4.69) is 20.2 Å². The first-order valence-corrected chi connectivity index (χ1v) is 9.20. The maximum absolute atomic E-state index is 5.72. The Morgan fingerprint density at radius 2 is 2.19 bits per heavy atom. The first-order valence-electron chi connectivity index (χ1n) is 9.20. The maximum atomic E-state index is 5.72. The minimum absolute atomic E-state index is 0.0244. The van der Waals surface area contributed by atoms with Gasteiger partial charge in [-0.2, -0.15) is 0 Å². The average molecular weight is 355 g/mol. The summed E-state index contributed by atoms with van der Waals surface area (Å²) >= 11 is 0. The summed E-state index contributed by atoms with van der Waals surface area (Å²) in [6.07, 6.45) is 6.22. The van der Waals surface area contributed by atoms with Gasteiger partial charge in [0.1, 0.15) is 11.6 Å². The molecule has 2 aromatic heterocycles. The molecule has 1 atom stereocenters. The number of pyridine rings is 1. The minimum Gasteiger partial charge on any atom is -0.481 e. The first kappa shape index (κ1) is 17.2. The zero-order chi connectivity index (χ0) is 17.8. The molecule has 138 valence electrons. The van der Waals surface area contributed by atoms with Crippen LogP contribution < -0.4 is 10.1 Å². The van der Waals surface area contributed by atoms with E-state index >= 15 is 0 Å². The molecule has 0 unspecified atom stereocenters. The van der Waals surface area contributed by atoms with Crippen molar-refractivity contribution in [3.8, 4) is 5.88 Å². The second kappa shape index (κ2) is 7.97. The number of nitrogens with zero attached hydrogens (tertiary/aromatic N) is 4. The predicted octanol–water partition coefficient (Wildman–Crippen LogP) is 2.28. The van der Waals surface area contributed by atoms with E-state index in [1.54, 1.807) is 13.3 Å². The molecule has 1 aliphatic heterocycles. The van der Waals surface area contributed by atoms with E-state index in [4.69, 9.17) is 14.5 Å². The van der Waals surface area contributed by atoms with Gasteiger partial charge in [0.2, 0.25) is 5.88 Å². The molecule has 0 amide bonds. The van der Waals surface area contributed by atoms with Gasteiger partial charge in [0.05, 0.1) is 26.4 Å². The van der Waals surface area contributed by atoms with Crippen molar-refractivity contribution in [1.82, 2.24) is 19.9 Å². The smallest absolute Gasteiger partial charge is 0.217 e. The predicted molar refractivity (Wildman–Crippen MR) is 98.0 cm³/mol. The van der Waals surface area contributed by atoms with Gasteiger partial charge in [-0.05, 0) is 30.9 Å². The zero-order valence-electron chi connectivity index (χ0n) is 15.1. The third-order valence-corrected chi connectivity index (χ3v) is 4.90. The van der Waals surface area contributed by atoms with E-state index in [9.17, 15) is 0 Å². The fraction of sp³-hybridized carbons (Fsp3) is 0.526. The molecule has 4 rings (SSSR count). The molecule has 2 aliphatic rings. The van der Waals surface area contributed by atoms with Crippen LogP contribution in [0.5, 0.6) is 5.88 Å². The van der Waals surface area contributed by atoms with Gasteiger partial charge in [0.25, 0.3) is 0 Å². The Balaban J connectivity index is 1.50. The number of aromatic nitrogens is 3. The Hall–Kier alpha value is -2.25. The topological polar surface area (TPSA) is 72.4 Å². The van der Waals surface area contributed by atoms with Gasteiger partial charge in [0.15, 0.2) is 0 Å². The van der Waals surface area contributed by atoms with E-state index in [1.165, 1.54) is 12.8 Å². The van der Waals surface area contributed by atoms with Crippen LogP contribution in [0.3, 0.4) is 0 Å². The van der Waals surface area contributed by atoms with Gasteiger partial charge in [-0.15, -0.1) is 0 Å². The Bertz CT molecular complexity index is 737. The van der Waals surface area contributed by atoms with Crippen molar-refractivity contribution in [1.29, 1.82) is 0 Å². The van der Waals surface area contributed by atoms with Gasteiger partial charge in [-0.1, -0.05) is 6.07 Å². The molecule has 1 saturated heterocycles. The Morgan fingerprint density at radius 1 is 1.27 bits per heavy atom. The average Bonchev–Trinajstić information content (AvgIpc) is 3.52. The number of ether oxygens (including phenoxy) is 2. The first-order chi connectivity index (χ1) is 12.8. The summed E-state index contributed by atoms with van der Waals surface area (Å²) in [4.78, 5) is 15.9. The lowest BCUT2D eigenvalue weighted by molar-refractivity contribution is -0.0162. The monoisotopic (exact) mass is 355 g/mol. The highest BCUT2D eigenvalue weighted by molar-refractivity contribution is 5.34. The summed E-state index contributed by atoms with van der Waals surface area (Å²) in [5, 5.41) is 3.43. The fourth-order valence-electron chi connectivity index (χ4n) is 3.22. The molecule has 1 N–H and O–H groups in total. The van der Waals surface area contributed by atoms with Crippen LogP contribution in [0.15, 0.2) is 30.6 Å². The Labute approximate surface area is 153 Å². The Kier molecular flexibility index (Phi) is 5.26. The number of anilines is 1. The number of hydrogen-bond acceptors (Lipinski definition) is 7. The third-order valence-electron chi connectivity index (χ3n) is 4.90. The summed E-state index contributed by atoms with van der Waals surface area (Å²) in [5.74, 6) is 3.17. The van der Waals surface area contributed by atoms with Crippen LogP contribution in [-0.4, -0.2) is 53.3 Å². The lowest BCUT2D eigenvalue weighted by Crippen LogP contribution is -2.40. The van der Waals surface area contributed by atoms with Crippen LogP contribution in [-0.2, 0) is 11.3 Å². The molecular weight excluding hydrogens is 330 g/mol. The molecule has 0 radical (unpaired) electrons. The van der Waals surface area contributed by atoms with E-state index in [0.29, 0.717) is 19.1 Å². The summed E-state index contributed by atoms with van der Waals surface area (Å²) in [7, 11) is 1.65. The molecule has 2 aromatic rings. The minimum atomic E-state index is 0.0244. The van der Waals surface area contributed by atoms with Crippen molar-refractivity contribution < 1.29 is 9.47 Å². The number of morpholine rings is 1. The molecule has 1 aliphatic carbocycles. The molecule has 0 spiro atoms. The fourth-order valence-corrected chi connectivity index (χ4v) is 3.22. The number of nitrogens with one attached hydrogen (secondary N) is 1. The summed E-state index contributed by atoms with van der Waals surface area (Å²) in [6, 6.07) is 5.94. The number of methoxy groups -OCH3 is 1. The molecule has 7 nitrogen and oxygen atoms in total. The van der Waals surface area contributed by atoms with Crippen LogP contribution in [0.25, 0.3) is 0 Å². The van der Waals surface area contributed by atoms with Gasteiger partial charge >= 0.3 is 0 Å². The van der Waals surface area contributed by atoms with Crippen molar-refractivity contribution in [2.45, 2.75) is 25.4 Å². The molecule has 3 heterocycles. The van der Waals surface area contributed by atoms with Gasteiger partial charge in [-0.25, -0.2) is 15.0 Å². The highest BCUT2D eigenvalue weighted by atomic mass is 16.5. The maximum Gasteiger partial charge on any atom is 0.217 e. The van der Waals surface area contributed by atoms with Crippen LogP contribution in [0, 0.1) is 5.92 Å². The lowest BCUT2D eigenvalue weighted by Gasteiger charge is -2.34. The van der Waals surface area contributed by atoms with E-state index in [0.717, 1.165) is 42.8 Å². The molecule has 2 fully saturated rings. The van der Waals surface area contributed by atoms with Gasteiger partial charge in [-0.3, -0.25) is 4.90 Å². The van der Waals surface area contributed by atoms with Crippen LogP contribution in [0.1, 0.15) is 30.3 Å². The van der Waals surface area contributed by atoms with Crippen LogP contribution in [0.2, 0.25) is 0 Å². The van der Waals surface area contributed by atoms with Crippen LogP contribution >= 0.6 is 0 Å². The zero-order valence-corrected chi connectivity index (χ0v) is 15.1. The number of rotatable bonds is 7. The standard InChI is InChI=1S/C19H25N5O2/c1-25-19-15(3-2-7-21-19)12-24-9-10-26-13-16(24)18-20-8-6-17(23-18)22-11-14-4-5-14/h2-3,6-8,14,16H,4-5,9-13H2,1H3,(H,20,22,23)/t16-/m1/s1. The second-order valence-electron chi connectivity index (χ2n) is 6.86. The molecule has 0 bridgehead atoms. The molecule has 7 heteroatoms. The molecule has 26 heavy (non-hydrogen) atoms. The van der Waals surface area contributed by atoms with Crippen molar-refractivity contribution in [3.05, 3.63) is 42.0 Å². The quantitative estimate of drug-likeness (QED) is 0.817. The SMILES string of the molecule is COc1ncccc1CN1CCOC[C@@H]1c1nccc(NCC2CC2)n1.